The van der Waals surface area contributed by atoms with Gasteiger partial charge in [-0.25, -0.2) is 0 Å². The van der Waals surface area contributed by atoms with Crippen LogP contribution in [0.5, 0.6) is 5.75 Å². The Hall–Kier alpha value is -2.26. The molecule has 0 spiro atoms. The molecule has 2 rings (SSSR count). The highest BCUT2D eigenvalue weighted by Gasteiger charge is 2.03. The number of nitrogens with one attached hydrogen (secondary N) is 1. The summed E-state index contributed by atoms with van der Waals surface area (Å²) in [5, 5.41) is 3.27. The lowest BCUT2D eigenvalue weighted by Gasteiger charge is -2.05. The molecule has 21 heavy (non-hydrogen) atoms. The largest absolute Gasteiger partial charge is 0.497 e. The lowest BCUT2D eigenvalue weighted by molar-refractivity contribution is -0.111. The summed E-state index contributed by atoms with van der Waals surface area (Å²) in [5.74, 6) is 0.516. The highest BCUT2D eigenvalue weighted by atomic mass is 35.5. The van der Waals surface area contributed by atoms with E-state index >= 15 is 0 Å². The number of carbonyl (C=O) groups is 1. The van der Waals surface area contributed by atoms with Gasteiger partial charge < -0.3 is 10.1 Å². The number of rotatable bonds is 4. The van der Waals surface area contributed by atoms with Crippen molar-refractivity contribution in [2.45, 2.75) is 6.92 Å². The second-order valence-corrected chi connectivity index (χ2v) is 4.99. The number of aryl methyl sites for hydroxylation is 1. The van der Waals surface area contributed by atoms with Crippen molar-refractivity contribution in [3.8, 4) is 5.75 Å². The van der Waals surface area contributed by atoms with Crippen LogP contribution >= 0.6 is 11.6 Å². The predicted octanol–water partition coefficient (Wildman–Crippen LogP) is 4.31. The van der Waals surface area contributed by atoms with E-state index in [1.807, 2.05) is 43.3 Å². The SMILES string of the molecule is COc1cccc(C=CC(=O)Nc2ccc(C)cc2Cl)c1. The smallest absolute Gasteiger partial charge is 0.248 e. The van der Waals surface area contributed by atoms with E-state index in [9.17, 15) is 4.79 Å². The molecule has 0 fully saturated rings. The van der Waals surface area contributed by atoms with E-state index in [0.717, 1.165) is 16.9 Å². The van der Waals surface area contributed by atoms with E-state index in [0.29, 0.717) is 10.7 Å². The number of benzene rings is 2. The van der Waals surface area contributed by atoms with Crippen LogP contribution in [0.3, 0.4) is 0 Å². The number of amides is 1. The van der Waals surface area contributed by atoms with Crippen molar-refractivity contribution in [2.75, 3.05) is 12.4 Å². The van der Waals surface area contributed by atoms with Gasteiger partial charge in [0.25, 0.3) is 0 Å². The summed E-state index contributed by atoms with van der Waals surface area (Å²) in [4.78, 5) is 11.9. The first-order chi connectivity index (χ1) is 10.1. The Morgan fingerprint density at radius 3 is 2.76 bits per heavy atom. The molecule has 0 aromatic heterocycles. The number of anilines is 1. The first-order valence-corrected chi connectivity index (χ1v) is 6.85. The van der Waals surface area contributed by atoms with Gasteiger partial charge in [0.05, 0.1) is 17.8 Å². The van der Waals surface area contributed by atoms with Crippen LogP contribution in [0.2, 0.25) is 5.02 Å². The number of halogens is 1. The molecular weight excluding hydrogens is 286 g/mol. The van der Waals surface area contributed by atoms with Crippen molar-refractivity contribution in [3.05, 3.63) is 64.7 Å². The monoisotopic (exact) mass is 301 g/mol. The molecule has 0 aliphatic heterocycles. The Bertz CT molecular complexity index is 680. The van der Waals surface area contributed by atoms with Gasteiger partial charge in [-0.1, -0.05) is 29.8 Å². The molecule has 0 radical (unpaired) electrons. The normalized spacial score (nSPS) is 10.6. The summed E-state index contributed by atoms with van der Waals surface area (Å²) in [5.41, 5.74) is 2.53. The lowest BCUT2D eigenvalue weighted by Crippen LogP contribution is -2.08. The van der Waals surface area contributed by atoms with Crippen LogP contribution in [0.4, 0.5) is 5.69 Å². The summed E-state index contributed by atoms with van der Waals surface area (Å²) >= 11 is 6.07. The standard InChI is InChI=1S/C17H16ClNO2/c1-12-6-8-16(15(18)10-12)19-17(20)9-7-13-4-3-5-14(11-13)21-2/h3-11H,1-2H3,(H,19,20). The lowest BCUT2D eigenvalue weighted by atomic mass is 10.2. The fraction of sp³-hybridized carbons (Fsp3) is 0.118. The molecule has 0 heterocycles. The Kier molecular flexibility index (Phi) is 5.01. The summed E-state index contributed by atoms with van der Waals surface area (Å²) in [6.07, 6.45) is 3.19. The van der Waals surface area contributed by atoms with Gasteiger partial charge in [0.1, 0.15) is 5.75 Å². The summed E-state index contributed by atoms with van der Waals surface area (Å²) < 4.78 is 5.13. The predicted molar refractivity (Wildman–Crippen MR) is 86.8 cm³/mol. The fourth-order valence-electron chi connectivity index (χ4n) is 1.81. The zero-order valence-electron chi connectivity index (χ0n) is 11.9. The van der Waals surface area contributed by atoms with Crippen molar-refractivity contribution in [1.29, 1.82) is 0 Å². The van der Waals surface area contributed by atoms with Gasteiger partial charge in [0, 0.05) is 6.08 Å². The van der Waals surface area contributed by atoms with Crippen LogP contribution in [0, 0.1) is 6.92 Å². The molecule has 3 nitrogen and oxygen atoms in total. The van der Waals surface area contributed by atoms with E-state index in [1.54, 1.807) is 19.3 Å². The van der Waals surface area contributed by atoms with Gasteiger partial charge in [-0.2, -0.15) is 0 Å². The maximum atomic E-state index is 11.9. The second kappa shape index (κ2) is 6.95. The van der Waals surface area contributed by atoms with Crippen molar-refractivity contribution in [1.82, 2.24) is 0 Å². The van der Waals surface area contributed by atoms with Crippen molar-refractivity contribution in [2.24, 2.45) is 0 Å². The van der Waals surface area contributed by atoms with Crippen LogP contribution < -0.4 is 10.1 Å². The van der Waals surface area contributed by atoms with Gasteiger partial charge in [0.2, 0.25) is 5.91 Å². The maximum absolute atomic E-state index is 11.9. The maximum Gasteiger partial charge on any atom is 0.248 e. The van der Waals surface area contributed by atoms with Gasteiger partial charge in [-0.05, 0) is 48.4 Å². The average molecular weight is 302 g/mol. The molecule has 0 aliphatic rings. The number of carbonyl (C=O) groups excluding carboxylic acids is 1. The van der Waals surface area contributed by atoms with Crippen LogP contribution in [0.1, 0.15) is 11.1 Å². The second-order valence-electron chi connectivity index (χ2n) is 4.58. The molecule has 108 valence electrons. The van der Waals surface area contributed by atoms with E-state index in [2.05, 4.69) is 5.32 Å². The molecular formula is C17H16ClNO2. The first kappa shape index (κ1) is 15.1. The summed E-state index contributed by atoms with van der Waals surface area (Å²) in [6, 6.07) is 13.0. The molecule has 0 unspecified atom stereocenters. The van der Waals surface area contributed by atoms with Crippen LogP contribution in [-0.4, -0.2) is 13.0 Å². The molecule has 0 bridgehead atoms. The zero-order valence-corrected chi connectivity index (χ0v) is 12.6. The Labute approximate surface area is 129 Å². The molecule has 0 saturated heterocycles. The first-order valence-electron chi connectivity index (χ1n) is 6.48. The Morgan fingerprint density at radius 2 is 2.05 bits per heavy atom. The van der Waals surface area contributed by atoms with Gasteiger partial charge in [-0.3, -0.25) is 4.79 Å². The molecule has 0 saturated carbocycles. The fourth-order valence-corrected chi connectivity index (χ4v) is 2.10. The quantitative estimate of drug-likeness (QED) is 0.855. The molecule has 0 atom stereocenters. The molecule has 1 N–H and O–H groups in total. The third-order valence-electron chi connectivity index (χ3n) is 2.90. The van der Waals surface area contributed by atoms with Crippen LogP contribution in [0.15, 0.2) is 48.5 Å². The number of hydrogen-bond donors (Lipinski definition) is 1. The van der Waals surface area contributed by atoms with Crippen molar-refractivity contribution < 1.29 is 9.53 Å². The molecule has 2 aromatic carbocycles. The van der Waals surface area contributed by atoms with Crippen LogP contribution in [-0.2, 0) is 4.79 Å². The number of ether oxygens (including phenoxy) is 1. The van der Waals surface area contributed by atoms with E-state index in [-0.39, 0.29) is 5.91 Å². The molecule has 0 aliphatic carbocycles. The van der Waals surface area contributed by atoms with E-state index in [1.165, 1.54) is 6.08 Å². The number of methoxy groups -OCH3 is 1. The molecule has 1 amide bonds. The van der Waals surface area contributed by atoms with Gasteiger partial charge in [-0.15, -0.1) is 0 Å². The average Bonchev–Trinajstić information content (AvgIpc) is 2.48. The summed E-state index contributed by atoms with van der Waals surface area (Å²) in [6.45, 7) is 1.94. The minimum absolute atomic E-state index is 0.233. The van der Waals surface area contributed by atoms with Crippen LogP contribution in [0.25, 0.3) is 6.08 Å². The highest BCUT2D eigenvalue weighted by Crippen LogP contribution is 2.22. The molecule has 2 aromatic rings. The minimum Gasteiger partial charge on any atom is -0.497 e. The van der Waals surface area contributed by atoms with Crippen molar-refractivity contribution >= 4 is 29.3 Å². The third-order valence-corrected chi connectivity index (χ3v) is 3.22. The van der Waals surface area contributed by atoms with Crippen molar-refractivity contribution in [3.63, 3.8) is 0 Å². The Balaban J connectivity index is 2.05. The van der Waals surface area contributed by atoms with Gasteiger partial charge >= 0.3 is 0 Å². The Morgan fingerprint density at radius 1 is 1.24 bits per heavy atom. The number of hydrogen-bond acceptors (Lipinski definition) is 2. The van der Waals surface area contributed by atoms with E-state index in [4.69, 9.17) is 16.3 Å². The highest BCUT2D eigenvalue weighted by molar-refractivity contribution is 6.33. The molecule has 4 heteroatoms. The summed E-state index contributed by atoms with van der Waals surface area (Å²) in [7, 11) is 1.61. The zero-order chi connectivity index (χ0) is 15.2. The van der Waals surface area contributed by atoms with Gasteiger partial charge in [0.15, 0.2) is 0 Å². The topological polar surface area (TPSA) is 38.3 Å². The minimum atomic E-state index is -0.233. The van der Waals surface area contributed by atoms with E-state index < -0.39 is 0 Å². The third kappa shape index (κ3) is 4.36.